The molecule has 0 bridgehead atoms. The molecule has 0 atom stereocenters. The number of benzene rings is 2. The molecule has 0 spiro atoms. The quantitative estimate of drug-likeness (QED) is 0.675. The van der Waals surface area contributed by atoms with Crippen LogP contribution in [0, 0.1) is 0 Å². The molecule has 1 heterocycles. The molecule has 0 aliphatic heterocycles. The molecule has 3 N–H and O–H groups in total. The fourth-order valence-electron chi connectivity index (χ4n) is 2.21. The number of thiazole rings is 1. The number of carbonyl (C=O) groups excluding carboxylic acids is 2. The van der Waals surface area contributed by atoms with Gasteiger partial charge in [0.15, 0.2) is 6.61 Å². The fourth-order valence-corrected chi connectivity index (χ4v) is 3.19. The lowest BCUT2D eigenvalue weighted by Crippen LogP contribution is -2.23. The van der Waals surface area contributed by atoms with Gasteiger partial charge in [-0.15, -0.1) is 5.10 Å². The Balaban J connectivity index is 1.73. The zero-order valence-corrected chi connectivity index (χ0v) is 14.2. The predicted molar refractivity (Wildman–Crippen MR) is 95.0 cm³/mol. The van der Waals surface area contributed by atoms with Crippen LogP contribution in [0.1, 0.15) is 10.4 Å². The van der Waals surface area contributed by atoms with Gasteiger partial charge in [-0.05, 0) is 36.4 Å². The third-order valence-corrected chi connectivity index (χ3v) is 4.58. The Morgan fingerprint density at radius 2 is 1.92 bits per heavy atom. The van der Waals surface area contributed by atoms with Gasteiger partial charge >= 0.3 is 0 Å². The number of nitrogens with two attached hydrogens (primary N) is 1. The number of nitrogens with one attached hydrogen (secondary N) is 1. The van der Waals surface area contributed by atoms with Crippen LogP contribution in [0.15, 0.2) is 53.6 Å². The molecule has 2 aromatic carbocycles. The predicted octanol–water partition coefficient (Wildman–Crippen LogP) is 1.35. The van der Waals surface area contributed by atoms with E-state index < -0.39 is 5.91 Å². The van der Waals surface area contributed by atoms with Crippen molar-refractivity contribution in [2.45, 2.75) is 0 Å². The number of ether oxygens (including phenoxy) is 1. The maximum absolute atomic E-state index is 12.2. The SMILES string of the molecule is Cn1c(=NNC(=O)c2ccc(OCC(N)=O)cc2)sc2ccccc21. The molecule has 0 fully saturated rings. The highest BCUT2D eigenvalue weighted by Crippen LogP contribution is 2.15. The third-order valence-electron chi connectivity index (χ3n) is 3.47. The van der Waals surface area contributed by atoms with Gasteiger partial charge in [-0.25, -0.2) is 5.43 Å². The minimum Gasteiger partial charge on any atom is -0.484 e. The number of para-hydroxylation sites is 1. The Hall–Kier alpha value is -3.13. The molecule has 128 valence electrons. The molecule has 1 aromatic heterocycles. The number of aryl methyl sites for hydroxylation is 1. The van der Waals surface area contributed by atoms with Crippen LogP contribution in [0.25, 0.3) is 10.2 Å². The molecular formula is C17H16N4O3S. The second-order valence-electron chi connectivity index (χ2n) is 5.24. The Kier molecular flexibility index (Phi) is 4.80. The van der Waals surface area contributed by atoms with Crippen LogP contribution >= 0.6 is 11.3 Å². The molecule has 0 unspecified atom stereocenters. The summed E-state index contributed by atoms with van der Waals surface area (Å²) in [5, 5.41) is 4.19. The number of amides is 2. The van der Waals surface area contributed by atoms with E-state index in [2.05, 4.69) is 10.5 Å². The zero-order chi connectivity index (χ0) is 17.8. The molecular weight excluding hydrogens is 340 g/mol. The normalized spacial score (nSPS) is 11.5. The number of fused-ring (bicyclic) bond motifs is 1. The fraction of sp³-hybridized carbons (Fsp3) is 0.118. The first-order chi connectivity index (χ1) is 12.0. The third kappa shape index (κ3) is 3.86. The standard InChI is InChI=1S/C17H16N4O3S/c1-21-13-4-2-3-5-14(13)25-17(21)20-19-16(23)11-6-8-12(9-7-11)24-10-15(18)22/h2-9H,10H2,1H3,(H2,18,22)(H,19,23). The molecule has 0 radical (unpaired) electrons. The topological polar surface area (TPSA) is 98.7 Å². The van der Waals surface area contributed by atoms with E-state index in [4.69, 9.17) is 10.5 Å². The lowest BCUT2D eigenvalue weighted by Gasteiger charge is -2.04. The Bertz CT molecular complexity index is 989. The zero-order valence-electron chi connectivity index (χ0n) is 13.4. The minimum atomic E-state index is -0.558. The number of carbonyl (C=O) groups is 2. The highest BCUT2D eigenvalue weighted by atomic mass is 32.1. The summed E-state index contributed by atoms with van der Waals surface area (Å²) in [6.07, 6.45) is 0. The van der Waals surface area contributed by atoms with Crippen LogP contribution in [-0.4, -0.2) is 23.0 Å². The second-order valence-corrected chi connectivity index (χ2v) is 6.25. The van der Waals surface area contributed by atoms with Crippen LogP contribution in [0.4, 0.5) is 0 Å². The van der Waals surface area contributed by atoms with Gasteiger partial charge in [0.2, 0.25) is 4.80 Å². The van der Waals surface area contributed by atoms with Crippen molar-refractivity contribution in [3.8, 4) is 5.75 Å². The number of hydrogen-bond donors (Lipinski definition) is 2. The van der Waals surface area contributed by atoms with Crippen LogP contribution in [0.3, 0.4) is 0 Å². The lowest BCUT2D eigenvalue weighted by atomic mass is 10.2. The van der Waals surface area contributed by atoms with E-state index in [1.54, 1.807) is 24.3 Å². The van der Waals surface area contributed by atoms with E-state index in [1.807, 2.05) is 35.9 Å². The smallest absolute Gasteiger partial charge is 0.271 e. The van der Waals surface area contributed by atoms with Gasteiger partial charge in [-0.3, -0.25) is 9.59 Å². The van der Waals surface area contributed by atoms with E-state index >= 15 is 0 Å². The summed E-state index contributed by atoms with van der Waals surface area (Å²) in [6.45, 7) is -0.205. The highest BCUT2D eigenvalue weighted by molar-refractivity contribution is 7.16. The molecule has 25 heavy (non-hydrogen) atoms. The number of nitrogens with zero attached hydrogens (tertiary/aromatic N) is 2. The Morgan fingerprint density at radius 3 is 2.60 bits per heavy atom. The van der Waals surface area contributed by atoms with E-state index in [0.29, 0.717) is 16.1 Å². The molecule has 7 nitrogen and oxygen atoms in total. The van der Waals surface area contributed by atoms with Crippen LogP contribution in [0.2, 0.25) is 0 Å². The van der Waals surface area contributed by atoms with Crippen molar-refractivity contribution in [3.63, 3.8) is 0 Å². The van der Waals surface area contributed by atoms with Gasteiger partial charge in [0, 0.05) is 12.6 Å². The van der Waals surface area contributed by atoms with Crippen molar-refractivity contribution in [2.24, 2.45) is 17.9 Å². The van der Waals surface area contributed by atoms with Gasteiger partial charge in [0.25, 0.3) is 11.8 Å². The van der Waals surface area contributed by atoms with Gasteiger partial charge in [-0.1, -0.05) is 23.5 Å². The van der Waals surface area contributed by atoms with Crippen molar-refractivity contribution < 1.29 is 14.3 Å². The second kappa shape index (κ2) is 7.18. The van der Waals surface area contributed by atoms with E-state index in [1.165, 1.54) is 11.3 Å². The number of hydrogen-bond acceptors (Lipinski definition) is 5. The average molecular weight is 356 g/mol. The van der Waals surface area contributed by atoms with Crippen molar-refractivity contribution in [1.82, 2.24) is 9.99 Å². The summed E-state index contributed by atoms with van der Waals surface area (Å²) in [5.41, 5.74) is 9.04. The molecule has 0 aliphatic rings. The first-order valence-corrected chi connectivity index (χ1v) is 8.26. The van der Waals surface area contributed by atoms with Gasteiger partial charge < -0.3 is 15.0 Å². The summed E-state index contributed by atoms with van der Waals surface area (Å²) in [4.78, 5) is 23.6. The molecule has 0 aliphatic carbocycles. The largest absolute Gasteiger partial charge is 0.484 e. The highest BCUT2D eigenvalue weighted by Gasteiger charge is 2.06. The number of rotatable bonds is 5. The first kappa shape index (κ1) is 16.7. The molecule has 2 amide bonds. The summed E-state index contributed by atoms with van der Waals surface area (Å²) in [7, 11) is 1.90. The summed E-state index contributed by atoms with van der Waals surface area (Å²) in [5.74, 6) is -0.432. The van der Waals surface area contributed by atoms with Gasteiger partial charge in [0.05, 0.1) is 10.2 Å². The maximum Gasteiger partial charge on any atom is 0.271 e. The van der Waals surface area contributed by atoms with Crippen LogP contribution in [0.5, 0.6) is 5.75 Å². The maximum atomic E-state index is 12.2. The number of aromatic nitrogens is 1. The molecule has 0 saturated carbocycles. The summed E-state index contributed by atoms with van der Waals surface area (Å²) >= 11 is 1.49. The van der Waals surface area contributed by atoms with Gasteiger partial charge in [0.1, 0.15) is 5.75 Å². The Labute approximate surface area is 147 Å². The molecule has 8 heteroatoms. The molecule has 3 aromatic rings. The van der Waals surface area contributed by atoms with E-state index in [0.717, 1.165) is 10.2 Å². The monoisotopic (exact) mass is 356 g/mol. The molecule has 0 saturated heterocycles. The van der Waals surface area contributed by atoms with Crippen molar-refractivity contribution >= 4 is 33.4 Å². The minimum absolute atomic E-state index is 0.205. The van der Waals surface area contributed by atoms with E-state index in [-0.39, 0.29) is 12.5 Å². The van der Waals surface area contributed by atoms with Gasteiger partial charge in [-0.2, -0.15) is 0 Å². The van der Waals surface area contributed by atoms with Crippen molar-refractivity contribution in [3.05, 3.63) is 58.9 Å². The van der Waals surface area contributed by atoms with Crippen molar-refractivity contribution in [1.29, 1.82) is 0 Å². The van der Waals surface area contributed by atoms with Crippen LogP contribution < -0.4 is 20.7 Å². The number of primary amides is 1. The summed E-state index contributed by atoms with van der Waals surface area (Å²) in [6, 6.07) is 14.3. The average Bonchev–Trinajstić information content (AvgIpc) is 2.94. The van der Waals surface area contributed by atoms with Crippen LogP contribution in [-0.2, 0) is 11.8 Å². The summed E-state index contributed by atoms with van der Waals surface area (Å²) < 4.78 is 8.16. The molecule has 3 rings (SSSR count). The first-order valence-electron chi connectivity index (χ1n) is 7.44. The van der Waals surface area contributed by atoms with E-state index in [9.17, 15) is 9.59 Å². The lowest BCUT2D eigenvalue weighted by molar-refractivity contribution is -0.119. The Morgan fingerprint density at radius 1 is 1.20 bits per heavy atom. The van der Waals surface area contributed by atoms with Crippen molar-refractivity contribution in [2.75, 3.05) is 6.61 Å².